The van der Waals surface area contributed by atoms with Crippen LogP contribution < -0.4 is 14.2 Å². The zero-order valence-electron chi connectivity index (χ0n) is 13.4. The van der Waals surface area contributed by atoms with Crippen molar-refractivity contribution >= 4 is 16.8 Å². The lowest BCUT2D eigenvalue weighted by Crippen LogP contribution is -2.21. The molecule has 122 valence electrons. The number of hydrogen-bond donors (Lipinski definition) is 0. The van der Waals surface area contributed by atoms with Crippen molar-refractivity contribution in [3.63, 3.8) is 0 Å². The smallest absolute Gasteiger partial charge is 0.205 e. The van der Waals surface area contributed by atoms with Crippen molar-refractivity contribution in [1.82, 2.24) is 0 Å². The maximum absolute atomic E-state index is 12.8. The lowest BCUT2D eigenvalue weighted by Gasteiger charge is -2.27. The molecule has 1 atom stereocenters. The number of Topliss-reactive ketones (excluding diaryl/α,β-unsaturated/α-hetero) is 1. The third-order valence-electron chi connectivity index (χ3n) is 4.27. The van der Waals surface area contributed by atoms with Crippen molar-refractivity contribution in [3.8, 4) is 17.2 Å². The van der Waals surface area contributed by atoms with E-state index in [0.717, 1.165) is 5.56 Å². The van der Waals surface area contributed by atoms with Crippen molar-refractivity contribution < 1.29 is 23.4 Å². The summed E-state index contributed by atoms with van der Waals surface area (Å²) < 4.78 is 22.6. The van der Waals surface area contributed by atoms with E-state index in [2.05, 4.69) is 0 Å². The van der Waals surface area contributed by atoms with Gasteiger partial charge in [-0.15, -0.1) is 0 Å². The second kappa shape index (κ2) is 5.60. The molecule has 0 radical (unpaired) electrons. The Morgan fingerprint density at radius 1 is 1.04 bits per heavy atom. The Hall–Kier alpha value is -2.95. The second-order valence-electron chi connectivity index (χ2n) is 5.58. The van der Waals surface area contributed by atoms with Gasteiger partial charge in [0.15, 0.2) is 17.1 Å². The van der Waals surface area contributed by atoms with Gasteiger partial charge in [0.1, 0.15) is 17.4 Å². The summed E-state index contributed by atoms with van der Waals surface area (Å²) in [5, 5.41) is 0.705. The largest absolute Gasteiger partial charge is 0.492 e. The van der Waals surface area contributed by atoms with Crippen LogP contribution in [0.2, 0.25) is 0 Å². The molecule has 5 nitrogen and oxygen atoms in total. The van der Waals surface area contributed by atoms with Crippen LogP contribution in [0.3, 0.4) is 0 Å². The lowest BCUT2D eigenvalue weighted by atomic mass is 9.94. The molecule has 0 bridgehead atoms. The minimum Gasteiger partial charge on any atom is -0.492 e. The van der Waals surface area contributed by atoms with E-state index in [1.807, 2.05) is 30.3 Å². The van der Waals surface area contributed by atoms with Crippen LogP contribution in [-0.4, -0.2) is 20.0 Å². The first-order chi connectivity index (χ1) is 11.7. The highest BCUT2D eigenvalue weighted by molar-refractivity contribution is 6.10. The van der Waals surface area contributed by atoms with Gasteiger partial charge in [-0.25, -0.2) is 0 Å². The van der Waals surface area contributed by atoms with Gasteiger partial charge < -0.3 is 18.6 Å². The van der Waals surface area contributed by atoms with Crippen LogP contribution in [0.5, 0.6) is 17.2 Å². The van der Waals surface area contributed by atoms with Gasteiger partial charge in [-0.1, -0.05) is 30.3 Å². The fraction of sp³-hybridized carbons (Fsp3) is 0.211. The van der Waals surface area contributed by atoms with E-state index >= 15 is 0 Å². The highest BCUT2D eigenvalue weighted by Gasteiger charge is 2.35. The molecule has 0 aliphatic carbocycles. The molecule has 2 aromatic carbocycles. The van der Waals surface area contributed by atoms with Crippen molar-refractivity contribution in [3.05, 3.63) is 53.8 Å². The Morgan fingerprint density at radius 3 is 2.50 bits per heavy atom. The molecule has 5 heteroatoms. The van der Waals surface area contributed by atoms with Crippen LogP contribution >= 0.6 is 0 Å². The predicted molar refractivity (Wildman–Crippen MR) is 88.1 cm³/mol. The van der Waals surface area contributed by atoms with Gasteiger partial charge in [-0.2, -0.15) is 0 Å². The zero-order valence-corrected chi connectivity index (χ0v) is 13.4. The molecule has 0 saturated carbocycles. The number of rotatable bonds is 3. The van der Waals surface area contributed by atoms with Gasteiger partial charge in [0.25, 0.3) is 0 Å². The van der Waals surface area contributed by atoms with E-state index in [4.69, 9.17) is 18.6 Å². The number of furan rings is 1. The maximum Gasteiger partial charge on any atom is 0.205 e. The molecule has 0 spiro atoms. The molecule has 1 aliphatic heterocycles. The molecule has 0 saturated heterocycles. The Balaban J connectivity index is 1.94. The molecule has 2 heterocycles. The molecule has 0 N–H and O–H groups in total. The maximum atomic E-state index is 12.8. The summed E-state index contributed by atoms with van der Waals surface area (Å²) in [6.07, 6.45) is 1.47. The molecule has 1 aromatic heterocycles. The fourth-order valence-corrected chi connectivity index (χ4v) is 3.18. The van der Waals surface area contributed by atoms with Crippen molar-refractivity contribution in [2.24, 2.45) is 0 Å². The highest BCUT2D eigenvalue weighted by atomic mass is 16.5. The van der Waals surface area contributed by atoms with E-state index in [-0.39, 0.29) is 18.3 Å². The fourth-order valence-electron chi connectivity index (χ4n) is 3.18. The standard InChI is InChI=1S/C19H16O5/c1-21-18-15-13(20)10-14(11-6-4-3-5-7-11)24-16(15)12-8-9-23-17(12)19(18)22-2/h3-9,14H,10H2,1-2H3. The first kappa shape index (κ1) is 14.6. The average molecular weight is 324 g/mol. The predicted octanol–water partition coefficient (Wildman–Crippen LogP) is 4.16. The Kier molecular flexibility index (Phi) is 3.41. The second-order valence-corrected chi connectivity index (χ2v) is 5.58. The van der Waals surface area contributed by atoms with E-state index in [0.29, 0.717) is 33.8 Å². The van der Waals surface area contributed by atoms with Crippen LogP contribution in [-0.2, 0) is 0 Å². The zero-order chi connectivity index (χ0) is 16.7. The van der Waals surface area contributed by atoms with Crippen LogP contribution in [0, 0.1) is 0 Å². The van der Waals surface area contributed by atoms with Crippen molar-refractivity contribution in [1.29, 1.82) is 0 Å². The summed E-state index contributed by atoms with van der Waals surface area (Å²) in [7, 11) is 3.02. The minimum absolute atomic E-state index is 0.0386. The van der Waals surface area contributed by atoms with E-state index < -0.39 is 0 Å². The Labute approximate surface area is 138 Å². The summed E-state index contributed by atoms with van der Waals surface area (Å²) in [6, 6.07) is 11.5. The minimum atomic E-state index is -0.331. The number of hydrogen-bond acceptors (Lipinski definition) is 5. The molecule has 4 rings (SSSR count). The SMILES string of the molecule is COc1c2c(c3ccoc3c1OC)OC(c1ccccc1)CC2=O. The van der Waals surface area contributed by atoms with Gasteiger partial charge in [-0.05, 0) is 11.6 Å². The van der Waals surface area contributed by atoms with Gasteiger partial charge in [0.05, 0.1) is 32.3 Å². The third-order valence-corrected chi connectivity index (χ3v) is 4.27. The third kappa shape index (κ3) is 2.05. The summed E-state index contributed by atoms with van der Waals surface area (Å²) >= 11 is 0. The highest BCUT2D eigenvalue weighted by Crippen LogP contribution is 2.50. The number of methoxy groups -OCH3 is 2. The molecule has 3 aromatic rings. The first-order valence-electron chi connectivity index (χ1n) is 7.64. The van der Waals surface area contributed by atoms with Crippen molar-refractivity contribution in [2.45, 2.75) is 12.5 Å². The molecular formula is C19H16O5. The summed E-state index contributed by atoms with van der Waals surface area (Å²) in [4.78, 5) is 12.8. The molecule has 1 unspecified atom stereocenters. The van der Waals surface area contributed by atoms with E-state index in [1.165, 1.54) is 14.2 Å². The summed E-state index contributed by atoms with van der Waals surface area (Å²) in [5.41, 5.74) is 1.88. The van der Waals surface area contributed by atoms with E-state index in [9.17, 15) is 4.79 Å². The lowest BCUT2D eigenvalue weighted by molar-refractivity contribution is 0.0847. The molecular weight excluding hydrogens is 308 g/mol. The number of carbonyl (C=O) groups is 1. The summed E-state index contributed by atoms with van der Waals surface area (Å²) in [6.45, 7) is 0. The Morgan fingerprint density at radius 2 is 1.79 bits per heavy atom. The molecule has 1 aliphatic rings. The quantitative estimate of drug-likeness (QED) is 0.724. The first-order valence-corrected chi connectivity index (χ1v) is 7.64. The van der Waals surface area contributed by atoms with E-state index in [1.54, 1.807) is 12.3 Å². The molecule has 24 heavy (non-hydrogen) atoms. The van der Waals surface area contributed by atoms with Crippen LogP contribution in [0.15, 0.2) is 47.1 Å². The van der Waals surface area contributed by atoms with Gasteiger partial charge >= 0.3 is 0 Å². The number of ketones is 1. The normalized spacial score (nSPS) is 16.6. The van der Waals surface area contributed by atoms with Crippen LogP contribution in [0.4, 0.5) is 0 Å². The number of ether oxygens (including phenoxy) is 3. The summed E-state index contributed by atoms with van der Waals surface area (Å²) in [5.74, 6) is 1.21. The van der Waals surface area contributed by atoms with Crippen LogP contribution in [0.1, 0.15) is 28.4 Å². The number of benzene rings is 2. The van der Waals surface area contributed by atoms with Gasteiger partial charge in [0.2, 0.25) is 5.75 Å². The Bertz CT molecular complexity index is 910. The van der Waals surface area contributed by atoms with Gasteiger partial charge in [-0.3, -0.25) is 4.79 Å². The molecule has 0 amide bonds. The van der Waals surface area contributed by atoms with Gasteiger partial charge in [0, 0.05) is 0 Å². The van der Waals surface area contributed by atoms with Crippen molar-refractivity contribution in [2.75, 3.05) is 14.2 Å². The monoisotopic (exact) mass is 324 g/mol. The topological polar surface area (TPSA) is 57.9 Å². The number of carbonyl (C=O) groups excluding carboxylic acids is 1. The number of fused-ring (bicyclic) bond motifs is 3. The van der Waals surface area contributed by atoms with Crippen LogP contribution in [0.25, 0.3) is 11.0 Å². The average Bonchev–Trinajstić information content (AvgIpc) is 3.11. The molecule has 0 fully saturated rings.